The second kappa shape index (κ2) is 4.67. The second-order valence-corrected chi connectivity index (χ2v) is 2.71. The van der Waals surface area contributed by atoms with E-state index in [1.165, 1.54) is 0 Å². The monoisotopic (exact) mass is 162 g/mol. The minimum absolute atomic E-state index is 0.704. The molecule has 0 amide bonds. The Morgan fingerprint density at radius 1 is 1.50 bits per heavy atom. The maximum Gasteiger partial charge on any atom is 0.0373 e. The van der Waals surface area contributed by atoms with Crippen LogP contribution in [0, 0.1) is 6.92 Å². The third-order valence-corrected chi connectivity index (χ3v) is 1.58. The molecular weight excluding hydrogens is 148 g/mol. The Hall–Kier alpha value is -1.15. The Balaban J connectivity index is 2.58. The minimum atomic E-state index is 0.704. The van der Waals surface area contributed by atoms with Crippen LogP contribution in [0.2, 0.25) is 0 Å². The molecule has 0 saturated carbocycles. The van der Waals surface area contributed by atoms with E-state index in [1.54, 1.807) is 0 Å². The molecule has 1 aromatic rings. The molecule has 0 saturated heterocycles. The summed E-state index contributed by atoms with van der Waals surface area (Å²) < 4.78 is 0. The molecule has 0 bridgehead atoms. The number of hydrogen-bond donors (Lipinski definition) is 1. The van der Waals surface area contributed by atoms with E-state index in [4.69, 9.17) is 5.73 Å². The lowest BCUT2D eigenvalue weighted by atomic mass is 10.2. The molecule has 0 aliphatic rings. The van der Waals surface area contributed by atoms with E-state index < -0.39 is 0 Å². The van der Waals surface area contributed by atoms with E-state index in [0.29, 0.717) is 6.54 Å². The Labute approximate surface area is 73.1 Å². The zero-order valence-corrected chi connectivity index (χ0v) is 7.33. The molecule has 12 heavy (non-hydrogen) atoms. The molecule has 0 unspecified atom stereocenters. The summed E-state index contributed by atoms with van der Waals surface area (Å²) in [4.78, 5) is 4.18. The van der Waals surface area contributed by atoms with Gasteiger partial charge in [0.15, 0.2) is 0 Å². The molecule has 0 atom stereocenters. The lowest BCUT2D eigenvalue weighted by Crippen LogP contribution is -1.94. The maximum absolute atomic E-state index is 5.35. The van der Waals surface area contributed by atoms with Crippen molar-refractivity contribution in [3.05, 3.63) is 35.7 Å². The maximum atomic E-state index is 5.35. The van der Waals surface area contributed by atoms with E-state index in [0.717, 1.165) is 17.7 Å². The van der Waals surface area contributed by atoms with Crippen LogP contribution in [0.3, 0.4) is 0 Å². The molecule has 0 aliphatic heterocycles. The Morgan fingerprint density at radius 2 is 2.33 bits per heavy atom. The van der Waals surface area contributed by atoms with Crippen molar-refractivity contribution in [3.63, 3.8) is 0 Å². The van der Waals surface area contributed by atoms with E-state index in [2.05, 4.69) is 17.1 Å². The lowest BCUT2D eigenvalue weighted by Gasteiger charge is -1.93. The molecule has 1 rings (SSSR count). The van der Waals surface area contributed by atoms with Crippen LogP contribution in [0.1, 0.15) is 17.7 Å². The third-order valence-electron chi connectivity index (χ3n) is 1.58. The highest BCUT2D eigenvalue weighted by molar-refractivity contribution is 5.47. The average molecular weight is 162 g/mol. The summed E-state index contributed by atoms with van der Waals surface area (Å²) in [5.41, 5.74) is 7.53. The zero-order chi connectivity index (χ0) is 8.81. The highest BCUT2D eigenvalue weighted by atomic mass is 14.6. The summed E-state index contributed by atoms with van der Waals surface area (Å²) in [5.74, 6) is 0. The molecule has 1 aromatic heterocycles. The average Bonchev–Trinajstić information content (AvgIpc) is 2.09. The molecule has 2 nitrogen and oxygen atoms in total. The highest BCUT2D eigenvalue weighted by Crippen LogP contribution is 2.01. The first-order valence-corrected chi connectivity index (χ1v) is 4.12. The highest BCUT2D eigenvalue weighted by Gasteiger charge is 1.85. The topological polar surface area (TPSA) is 38.9 Å². The van der Waals surface area contributed by atoms with Crippen molar-refractivity contribution in [3.8, 4) is 0 Å². The van der Waals surface area contributed by atoms with Gasteiger partial charge in [0.2, 0.25) is 0 Å². The summed E-state index contributed by atoms with van der Waals surface area (Å²) in [5, 5.41) is 0. The van der Waals surface area contributed by atoms with Gasteiger partial charge in [-0.15, -0.1) is 0 Å². The number of hydrogen-bond acceptors (Lipinski definition) is 2. The van der Waals surface area contributed by atoms with Crippen LogP contribution in [0.5, 0.6) is 0 Å². The zero-order valence-electron chi connectivity index (χ0n) is 7.33. The summed E-state index contributed by atoms with van der Waals surface area (Å²) in [6.07, 6.45) is 6.89. The Morgan fingerprint density at radius 3 is 2.92 bits per heavy atom. The van der Waals surface area contributed by atoms with Gasteiger partial charge >= 0.3 is 0 Å². The van der Waals surface area contributed by atoms with Gasteiger partial charge < -0.3 is 5.73 Å². The standard InChI is InChI=1S/C10H14N2/c1-9-5-6-10(8-12-9)4-2-3-7-11/h2,4-6,8H,3,7,11H2,1H3/b4-2+. The first-order valence-electron chi connectivity index (χ1n) is 4.12. The third kappa shape index (κ3) is 2.84. The van der Waals surface area contributed by atoms with Gasteiger partial charge in [-0.2, -0.15) is 0 Å². The van der Waals surface area contributed by atoms with E-state index in [1.807, 2.05) is 25.3 Å². The van der Waals surface area contributed by atoms with Gasteiger partial charge in [-0.25, -0.2) is 0 Å². The fourth-order valence-corrected chi connectivity index (χ4v) is 0.893. The number of pyridine rings is 1. The van der Waals surface area contributed by atoms with Gasteiger partial charge in [-0.3, -0.25) is 4.98 Å². The molecule has 2 N–H and O–H groups in total. The van der Waals surface area contributed by atoms with Gasteiger partial charge in [0, 0.05) is 11.9 Å². The number of nitrogens with zero attached hydrogens (tertiary/aromatic N) is 1. The van der Waals surface area contributed by atoms with Crippen molar-refractivity contribution in [2.24, 2.45) is 5.73 Å². The van der Waals surface area contributed by atoms with Crippen LogP contribution in [-0.4, -0.2) is 11.5 Å². The van der Waals surface area contributed by atoms with Gasteiger partial charge in [0.25, 0.3) is 0 Å². The van der Waals surface area contributed by atoms with Gasteiger partial charge in [0.1, 0.15) is 0 Å². The van der Waals surface area contributed by atoms with E-state index in [-0.39, 0.29) is 0 Å². The van der Waals surface area contributed by atoms with Crippen LogP contribution in [0.25, 0.3) is 6.08 Å². The van der Waals surface area contributed by atoms with Crippen LogP contribution in [0.4, 0.5) is 0 Å². The number of nitrogens with two attached hydrogens (primary N) is 1. The molecule has 2 heteroatoms. The summed E-state index contributed by atoms with van der Waals surface area (Å²) in [6, 6.07) is 4.05. The normalized spacial score (nSPS) is 10.8. The summed E-state index contributed by atoms with van der Waals surface area (Å²) in [6.45, 7) is 2.68. The van der Waals surface area contributed by atoms with Gasteiger partial charge in [-0.05, 0) is 31.5 Å². The van der Waals surface area contributed by atoms with Gasteiger partial charge in [0.05, 0.1) is 0 Å². The smallest absolute Gasteiger partial charge is 0.0373 e. The number of aryl methyl sites for hydroxylation is 1. The summed E-state index contributed by atoms with van der Waals surface area (Å²) in [7, 11) is 0. The molecule has 64 valence electrons. The molecule has 0 aromatic carbocycles. The molecule has 0 spiro atoms. The van der Waals surface area contributed by atoms with Crippen LogP contribution >= 0.6 is 0 Å². The quantitative estimate of drug-likeness (QED) is 0.735. The number of rotatable bonds is 3. The first-order chi connectivity index (χ1) is 5.83. The lowest BCUT2D eigenvalue weighted by molar-refractivity contribution is 1.01. The summed E-state index contributed by atoms with van der Waals surface area (Å²) >= 11 is 0. The fourth-order valence-electron chi connectivity index (χ4n) is 0.893. The Kier molecular flexibility index (Phi) is 3.48. The molecule has 0 aliphatic carbocycles. The van der Waals surface area contributed by atoms with Crippen molar-refractivity contribution in [1.29, 1.82) is 0 Å². The predicted octanol–water partition coefficient (Wildman–Crippen LogP) is 1.75. The van der Waals surface area contributed by atoms with Crippen molar-refractivity contribution < 1.29 is 0 Å². The minimum Gasteiger partial charge on any atom is -0.330 e. The van der Waals surface area contributed by atoms with E-state index in [9.17, 15) is 0 Å². The number of aromatic nitrogens is 1. The molecule has 0 fully saturated rings. The predicted molar refractivity (Wildman–Crippen MR) is 51.7 cm³/mol. The van der Waals surface area contributed by atoms with Crippen LogP contribution < -0.4 is 5.73 Å². The second-order valence-electron chi connectivity index (χ2n) is 2.71. The van der Waals surface area contributed by atoms with Crippen LogP contribution in [0.15, 0.2) is 24.4 Å². The van der Waals surface area contributed by atoms with Gasteiger partial charge in [-0.1, -0.05) is 18.2 Å². The van der Waals surface area contributed by atoms with Crippen molar-refractivity contribution in [2.75, 3.05) is 6.54 Å². The fraction of sp³-hybridized carbons (Fsp3) is 0.300. The van der Waals surface area contributed by atoms with Crippen molar-refractivity contribution in [2.45, 2.75) is 13.3 Å². The first kappa shape index (κ1) is 8.94. The van der Waals surface area contributed by atoms with Crippen molar-refractivity contribution in [1.82, 2.24) is 4.98 Å². The van der Waals surface area contributed by atoms with Crippen LogP contribution in [-0.2, 0) is 0 Å². The van der Waals surface area contributed by atoms with E-state index >= 15 is 0 Å². The SMILES string of the molecule is Cc1ccc(/C=C/CCN)cn1. The molecular formula is C10H14N2. The van der Waals surface area contributed by atoms with Crippen molar-refractivity contribution >= 4 is 6.08 Å². The molecule has 1 heterocycles. The Bertz CT molecular complexity index is 249. The molecule has 0 radical (unpaired) electrons. The largest absolute Gasteiger partial charge is 0.330 e.